The van der Waals surface area contributed by atoms with Crippen molar-refractivity contribution in [3.63, 3.8) is 0 Å². The van der Waals surface area contributed by atoms with Crippen molar-refractivity contribution in [2.45, 2.75) is 6.61 Å². The minimum absolute atomic E-state index is 0.00387. The summed E-state index contributed by atoms with van der Waals surface area (Å²) in [7, 11) is 0. The van der Waals surface area contributed by atoms with Gasteiger partial charge in [0.1, 0.15) is 0 Å². The molecule has 3 N–H and O–H groups in total. The van der Waals surface area contributed by atoms with Crippen LogP contribution in [-0.4, -0.2) is 11.0 Å². The van der Waals surface area contributed by atoms with Gasteiger partial charge in [0.15, 0.2) is 0 Å². The zero-order valence-corrected chi connectivity index (χ0v) is 7.17. The van der Waals surface area contributed by atoms with Gasteiger partial charge in [-0.2, -0.15) is 0 Å². The first-order valence-corrected chi connectivity index (χ1v) is 4.26. The van der Waals surface area contributed by atoms with Gasteiger partial charge >= 0.3 is 0 Å². The molecule has 0 spiro atoms. The second kappa shape index (κ2) is 4.04. The van der Waals surface area contributed by atoms with Crippen LogP contribution in [0.3, 0.4) is 0 Å². The Kier molecular flexibility index (Phi) is 3.01. The molecule has 0 atom stereocenters. The Morgan fingerprint density at radius 3 is 3.08 bits per heavy atom. The van der Waals surface area contributed by atoms with Gasteiger partial charge in [-0.3, -0.25) is 4.79 Å². The van der Waals surface area contributed by atoms with E-state index in [9.17, 15) is 4.79 Å². The van der Waals surface area contributed by atoms with Gasteiger partial charge in [-0.05, 0) is 23.1 Å². The van der Waals surface area contributed by atoms with Crippen molar-refractivity contribution in [3.8, 4) is 0 Å². The SMILES string of the molecule is NC(=O)C=Cc1ccsc1CO. The molecule has 0 saturated carbocycles. The Hall–Kier alpha value is -1.13. The molecule has 0 bridgehead atoms. The van der Waals surface area contributed by atoms with Crippen LogP contribution in [0.2, 0.25) is 0 Å². The smallest absolute Gasteiger partial charge is 0.241 e. The Labute approximate surface area is 74.1 Å². The standard InChI is InChI=1S/C8H9NO2S/c9-8(11)2-1-6-3-4-12-7(6)5-10/h1-4,10H,5H2,(H2,9,11). The van der Waals surface area contributed by atoms with E-state index in [0.717, 1.165) is 10.4 Å². The number of carbonyl (C=O) groups excluding carboxylic acids is 1. The Morgan fingerprint density at radius 1 is 1.75 bits per heavy atom. The zero-order valence-electron chi connectivity index (χ0n) is 6.36. The summed E-state index contributed by atoms with van der Waals surface area (Å²) in [5.41, 5.74) is 5.76. The van der Waals surface area contributed by atoms with Crippen LogP contribution in [0.4, 0.5) is 0 Å². The van der Waals surface area contributed by atoms with Gasteiger partial charge in [0.2, 0.25) is 5.91 Å². The average molecular weight is 183 g/mol. The van der Waals surface area contributed by atoms with Crippen LogP contribution in [0, 0.1) is 0 Å². The highest BCUT2D eigenvalue weighted by Gasteiger charge is 1.98. The third-order valence-electron chi connectivity index (χ3n) is 1.35. The van der Waals surface area contributed by atoms with Crippen LogP contribution in [0.15, 0.2) is 17.5 Å². The van der Waals surface area contributed by atoms with Gasteiger partial charge in [-0.1, -0.05) is 0 Å². The number of amides is 1. The normalized spacial score (nSPS) is 10.8. The van der Waals surface area contributed by atoms with E-state index in [1.807, 2.05) is 11.4 Å². The van der Waals surface area contributed by atoms with Crippen molar-refractivity contribution in [1.29, 1.82) is 0 Å². The fourth-order valence-electron chi connectivity index (χ4n) is 0.799. The highest BCUT2D eigenvalue weighted by molar-refractivity contribution is 7.10. The molecule has 1 aromatic heterocycles. The molecule has 12 heavy (non-hydrogen) atoms. The number of hydrogen-bond acceptors (Lipinski definition) is 3. The summed E-state index contributed by atoms with van der Waals surface area (Å²) in [5, 5.41) is 10.7. The molecule has 0 aliphatic carbocycles. The van der Waals surface area contributed by atoms with Gasteiger partial charge in [0.25, 0.3) is 0 Å². The van der Waals surface area contributed by atoms with Crippen molar-refractivity contribution >= 4 is 23.3 Å². The Morgan fingerprint density at radius 2 is 2.50 bits per heavy atom. The summed E-state index contributed by atoms with van der Waals surface area (Å²) in [4.78, 5) is 11.2. The van der Waals surface area contributed by atoms with Crippen molar-refractivity contribution in [2.75, 3.05) is 0 Å². The molecular formula is C8H9NO2S. The van der Waals surface area contributed by atoms with Crippen LogP contribution in [0.1, 0.15) is 10.4 Å². The maximum Gasteiger partial charge on any atom is 0.241 e. The van der Waals surface area contributed by atoms with Crippen molar-refractivity contribution in [1.82, 2.24) is 0 Å². The summed E-state index contributed by atoms with van der Waals surface area (Å²) in [6.07, 6.45) is 2.88. The number of thiophene rings is 1. The molecule has 1 heterocycles. The number of rotatable bonds is 3. The minimum atomic E-state index is -0.481. The highest BCUT2D eigenvalue weighted by Crippen LogP contribution is 2.17. The monoisotopic (exact) mass is 183 g/mol. The number of aliphatic hydroxyl groups excluding tert-OH is 1. The van der Waals surface area contributed by atoms with E-state index in [1.54, 1.807) is 6.08 Å². The molecule has 1 rings (SSSR count). The Balaban J connectivity index is 2.81. The van der Waals surface area contributed by atoms with E-state index >= 15 is 0 Å². The molecule has 0 saturated heterocycles. The molecule has 0 unspecified atom stereocenters. The van der Waals surface area contributed by atoms with E-state index in [0.29, 0.717) is 0 Å². The number of nitrogens with two attached hydrogens (primary N) is 1. The molecule has 0 aliphatic heterocycles. The van der Waals surface area contributed by atoms with Crippen LogP contribution in [-0.2, 0) is 11.4 Å². The first-order chi connectivity index (χ1) is 5.74. The molecule has 1 aromatic rings. The third kappa shape index (κ3) is 2.18. The van der Waals surface area contributed by atoms with Crippen LogP contribution in [0.25, 0.3) is 6.08 Å². The zero-order chi connectivity index (χ0) is 8.97. The van der Waals surface area contributed by atoms with E-state index in [-0.39, 0.29) is 6.61 Å². The highest BCUT2D eigenvalue weighted by atomic mass is 32.1. The first kappa shape index (κ1) is 8.96. The largest absolute Gasteiger partial charge is 0.391 e. The number of carbonyl (C=O) groups is 1. The van der Waals surface area contributed by atoms with Crippen molar-refractivity contribution < 1.29 is 9.90 Å². The average Bonchev–Trinajstić information content (AvgIpc) is 2.47. The quantitative estimate of drug-likeness (QED) is 0.679. The topological polar surface area (TPSA) is 63.3 Å². The van der Waals surface area contributed by atoms with E-state index in [4.69, 9.17) is 10.8 Å². The number of aliphatic hydroxyl groups is 1. The lowest BCUT2D eigenvalue weighted by molar-refractivity contribution is -0.113. The van der Waals surface area contributed by atoms with E-state index in [1.165, 1.54) is 17.4 Å². The summed E-state index contributed by atoms with van der Waals surface area (Å²) in [5.74, 6) is -0.481. The molecular weight excluding hydrogens is 174 g/mol. The molecule has 0 fully saturated rings. The van der Waals surface area contributed by atoms with Gasteiger partial charge in [-0.25, -0.2) is 0 Å². The van der Waals surface area contributed by atoms with Gasteiger partial charge < -0.3 is 10.8 Å². The van der Waals surface area contributed by atoms with Gasteiger partial charge in [-0.15, -0.1) is 11.3 Å². The second-order valence-corrected chi connectivity index (χ2v) is 3.19. The maximum atomic E-state index is 10.4. The predicted molar refractivity (Wildman–Crippen MR) is 48.5 cm³/mol. The fraction of sp³-hybridized carbons (Fsp3) is 0.125. The van der Waals surface area contributed by atoms with Crippen LogP contribution in [0.5, 0.6) is 0 Å². The molecule has 4 heteroatoms. The first-order valence-electron chi connectivity index (χ1n) is 3.39. The summed E-state index contributed by atoms with van der Waals surface area (Å²) in [6.45, 7) is -0.00387. The summed E-state index contributed by atoms with van der Waals surface area (Å²) < 4.78 is 0. The molecule has 3 nitrogen and oxygen atoms in total. The van der Waals surface area contributed by atoms with E-state index in [2.05, 4.69) is 0 Å². The van der Waals surface area contributed by atoms with Crippen LogP contribution < -0.4 is 5.73 Å². The van der Waals surface area contributed by atoms with Crippen molar-refractivity contribution in [2.24, 2.45) is 5.73 Å². The summed E-state index contributed by atoms with van der Waals surface area (Å²) in [6, 6.07) is 1.83. The lowest BCUT2D eigenvalue weighted by Gasteiger charge is -1.91. The minimum Gasteiger partial charge on any atom is -0.391 e. The molecule has 0 aromatic carbocycles. The molecule has 0 aliphatic rings. The number of primary amides is 1. The second-order valence-electron chi connectivity index (χ2n) is 2.19. The Bertz CT molecular complexity index is 304. The number of hydrogen-bond donors (Lipinski definition) is 2. The lowest BCUT2D eigenvalue weighted by atomic mass is 10.2. The predicted octanol–water partition coefficient (Wildman–Crippen LogP) is 0.739. The van der Waals surface area contributed by atoms with Crippen LogP contribution >= 0.6 is 11.3 Å². The summed E-state index contributed by atoms with van der Waals surface area (Å²) >= 11 is 1.45. The molecule has 64 valence electrons. The van der Waals surface area contributed by atoms with Gasteiger partial charge in [0, 0.05) is 11.0 Å². The lowest BCUT2D eigenvalue weighted by Crippen LogP contribution is -2.05. The molecule has 1 amide bonds. The van der Waals surface area contributed by atoms with Crippen molar-refractivity contribution in [3.05, 3.63) is 28.0 Å². The van der Waals surface area contributed by atoms with Gasteiger partial charge in [0.05, 0.1) is 6.61 Å². The maximum absolute atomic E-state index is 10.4. The van der Waals surface area contributed by atoms with E-state index < -0.39 is 5.91 Å². The fourth-order valence-corrected chi connectivity index (χ4v) is 1.53. The third-order valence-corrected chi connectivity index (χ3v) is 2.27. The molecule has 0 radical (unpaired) electrons.